The Kier molecular flexibility index (Phi) is 9.15. The molecule has 0 aliphatic heterocycles. The molecule has 36 heavy (non-hydrogen) atoms. The van der Waals surface area contributed by atoms with E-state index in [1.165, 1.54) is 79.2 Å². The van der Waals surface area contributed by atoms with E-state index in [1.54, 1.807) is 0 Å². The van der Waals surface area contributed by atoms with Crippen LogP contribution < -0.4 is 0 Å². The molecule has 0 spiro atoms. The van der Waals surface area contributed by atoms with Crippen LogP contribution in [0.3, 0.4) is 0 Å². The van der Waals surface area contributed by atoms with Gasteiger partial charge in [-0.1, -0.05) is 97.8 Å². The van der Waals surface area contributed by atoms with Crippen LogP contribution in [-0.2, 0) is 37.1 Å². The van der Waals surface area contributed by atoms with Crippen LogP contribution in [0.1, 0.15) is 25.0 Å². The third-order valence-corrected chi connectivity index (χ3v) is 6.61. The number of rotatable bonds is 4. The predicted octanol–water partition coefficient (Wildman–Crippen LogP) is 9.54. The van der Waals surface area contributed by atoms with E-state index in [9.17, 15) is 0 Å². The number of aryl methyl sites for hydroxylation is 2. The predicted molar refractivity (Wildman–Crippen MR) is 156 cm³/mol. The third kappa shape index (κ3) is 5.80. The van der Waals surface area contributed by atoms with Crippen molar-refractivity contribution in [3.63, 3.8) is 0 Å². The first-order valence-corrected chi connectivity index (χ1v) is 14.3. The first-order chi connectivity index (χ1) is 17.8. The minimum absolute atomic E-state index is 1.10. The van der Waals surface area contributed by atoms with Crippen LogP contribution in [0.5, 0.6) is 0 Å². The summed E-state index contributed by atoms with van der Waals surface area (Å²) in [4.78, 5) is 0. The van der Waals surface area contributed by atoms with Crippen LogP contribution >= 0.6 is 0 Å². The van der Waals surface area contributed by atoms with Crippen molar-refractivity contribution in [3.05, 3.63) is 132 Å². The van der Waals surface area contributed by atoms with Crippen LogP contribution in [0, 0.1) is 0 Å². The van der Waals surface area contributed by atoms with E-state index < -0.39 is 0 Å². The second kappa shape index (κ2) is 12.7. The molecule has 6 rings (SSSR count). The third-order valence-electron chi connectivity index (χ3n) is 6.61. The molecule has 0 amide bonds. The van der Waals surface area contributed by atoms with Crippen molar-refractivity contribution in [1.29, 1.82) is 0 Å². The Balaban J connectivity index is 0.000000158. The van der Waals surface area contributed by atoms with Crippen molar-refractivity contribution < 1.29 is 24.2 Å². The molecule has 6 aromatic carbocycles. The molecule has 0 bridgehead atoms. The van der Waals surface area contributed by atoms with Gasteiger partial charge in [0.1, 0.15) is 0 Å². The summed E-state index contributed by atoms with van der Waals surface area (Å²) in [5.41, 5.74) is 8.11. The van der Waals surface area contributed by atoms with Gasteiger partial charge in [0.25, 0.3) is 0 Å². The van der Waals surface area contributed by atoms with E-state index in [0.717, 1.165) is 12.8 Å². The van der Waals surface area contributed by atoms with Crippen LogP contribution in [0.25, 0.3) is 43.8 Å². The molecule has 0 saturated heterocycles. The van der Waals surface area contributed by atoms with Gasteiger partial charge >= 0.3 is 28.4 Å². The first kappa shape index (κ1) is 25.9. The maximum atomic E-state index is 3.34. The number of benzene rings is 4. The summed E-state index contributed by atoms with van der Waals surface area (Å²) in [7, 11) is 0. The van der Waals surface area contributed by atoms with E-state index >= 15 is 0 Å². The number of fused-ring (bicyclic) bond motifs is 2. The molecule has 0 saturated carbocycles. The second-order valence-corrected chi connectivity index (χ2v) is 8.78. The van der Waals surface area contributed by atoms with Gasteiger partial charge in [0, 0.05) is 0 Å². The topological polar surface area (TPSA) is 0 Å². The number of hydrogen-bond donors (Lipinski definition) is 0. The fourth-order valence-electron chi connectivity index (χ4n) is 4.74. The van der Waals surface area contributed by atoms with Crippen LogP contribution in [0.4, 0.5) is 0 Å². The van der Waals surface area contributed by atoms with Gasteiger partial charge < -0.3 is 0 Å². The summed E-state index contributed by atoms with van der Waals surface area (Å²) < 4.78 is 3.34. The van der Waals surface area contributed by atoms with Crippen molar-refractivity contribution in [2.24, 2.45) is 0 Å². The number of hydrogen-bond acceptors (Lipinski definition) is 0. The van der Waals surface area contributed by atoms with E-state index in [-0.39, 0.29) is 0 Å². The molecule has 176 valence electrons. The van der Waals surface area contributed by atoms with Crippen LogP contribution in [0.15, 0.2) is 121 Å². The molecular weight excluding hydrogens is 512 g/mol. The monoisotopic (exact) mass is 542 g/mol. The van der Waals surface area contributed by atoms with E-state index in [4.69, 9.17) is 0 Å². The summed E-state index contributed by atoms with van der Waals surface area (Å²) in [6.07, 6.45) is 2.20. The van der Waals surface area contributed by atoms with Crippen LogP contribution in [-0.4, -0.2) is 4.21 Å². The van der Waals surface area contributed by atoms with Crippen molar-refractivity contribution in [2.75, 3.05) is 0 Å². The Morgan fingerprint density at radius 1 is 0.528 bits per heavy atom. The fraction of sp³-hybridized carbons (Fsp3) is 0.114. The molecule has 0 heterocycles. The molecule has 1 heteroatoms. The zero-order valence-electron chi connectivity index (χ0n) is 21.2. The molecule has 0 aromatic heterocycles. The molecular formula is C35H32Zr. The van der Waals surface area contributed by atoms with Gasteiger partial charge in [-0.15, -0.1) is 69.1 Å². The molecule has 0 unspecified atom stereocenters. The molecule has 0 fully saturated rings. The fourth-order valence-corrected chi connectivity index (χ4v) is 4.74. The molecule has 0 N–H and O–H groups in total. The minimum atomic E-state index is 1.10. The van der Waals surface area contributed by atoms with Crippen molar-refractivity contribution in [1.82, 2.24) is 0 Å². The average Bonchev–Trinajstić information content (AvgIpc) is 3.59. The summed E-state index contributed by atoms with van der Waals surface area (Å²) in [6, 6.07) is 43.5. The van der Waals surface area contributed by atoms with Crippen molar-refractivity contribution in [3.8, 4) is 22.3 Å². The van der Waals surface area contributed by atoms with Gasteiger partial charge in [-0.25, -0.2) is 0 Å². The Morgan fingerprint density at radius 3 is 1.28 bits per heavy atom. The van der Waals surface area contributed by atoms with Crippen molar-refractivity contribution in [2.45, 2.75) is 26.7 Å². The average molecular weight is 544 g/mol. The molecule has 0 aliphatic carbocycles. The molecule has 0 atom stereocenters. The Morgan fingerprint density at radius 2 is 0.917 bits per heavy atom. The van der Waals surface area contributed by atoms with Gasteiger partial charge in [0.2, 0.25) is 0 Å². The quantitative estimate of drug-likeness (QED) is 0.194. The van der Waals surface area contributed by atoms with Gasteiger partial charge in [-0.2, -0.15) is 12.1 Å². The second-order valence-electron chi connectivity index (χ2n) is 8.78. The molecule has 0 radical (unpaired) electrons. The Hall–Kier alpha value is -3.15. The van der Waals surface area contributed by atoms with Crippen LogP contribution in [0.2, 0.25) is 0 Å². The zero-order chi connectivity index (χ0) is 25.3. The zero-order valence-corrected chi connectivity index (χ0v) is 23.6. The van der Waals surface area contributed by atoms with E-state index in [1.807, 2.05) is 0 Å². The van der Waals surface area contributed by atoms with Gasteiger partial charge in [0.05, 0.1) is 0 Å². The van der Waals surface area contributed by atoms with Gasteiger partial charge in [-0.3, -0.25) is 0 Å². The standard InChI is InChI=1S/2C17H15.CH2.Zr/c2*1-2-13-11-15-9-6-10-16(17(15)12-13)14-7-4-3-5-8-14;;/h2*3-12H,2H2,1H3;1H2;/q2*-1;;+2. The first-order valence-electron chi connectivity index (χ1n) is 12.6. The summed E-state index contributed by atoms with van der Waals surface area (Å²) in [5, 5.41) is 5.44. The van der Waals surface area contributed by atoms with E-state index in [0.29, 0.717) is 0 Å². The van der Waals surface area contributed by atoms with Gasteiger partial charge in [-0.05, 0) is 24.0 Å². The molecule has 0 aliphatic rings. The molecule has 0 nitrogen and oxygen atoms in total. The summed E-state index contributed by atoms with van der Waals surface area (Å²) >= 11 is 1.30. The van der Waals surface area contributed by atoms with Crippen molar-refractivity contribution >= 4 is 25.8 Å². The Bertz CT molecular complexity index is 1400. The summed E-state index contributed by atoms with van der Waals surface area (Å²) in [6.45, 7) is 4.41. The molecule has 6 aromatic rings. The SMILES string of the molecule is CCc1cc2c(-c3ccccc3)cccc2[cH-]1.CCc1cc2c(-c3ccccc3)cccc2[cH-]1.[CH2]=[Zr+2]. The summed E-state index contributed by atoms with van der Waals surface area (Å²) in [5.74, 6) is 0. The maximum absolute atomic E-state index is 3.34. The normalized spacial score (nSPS) is 10.4. The Labute approximate surface area is 230 Å². The van der Waals surface area contributed by atoms with Gasteiger partial charge in [0.15, 0.2) is 0 Å². The van der Waals surface area contributed by atoms with E-state index in [2.05, 4.69) is 139 Å².